The lowest BCUT2D eigenvalue weighted by Gasteiger charge is -2.18. The Bertz CT molecular complexity index is 644. The standard InChI is InChI=1S/C18H21FN2O2/c1-21(13-15-4-3-5-17(12-15)23-2)18(22)20-11-10-14-6-8-16(19)9-7-14/h3-9,12H,10-11,13H2,1-2H3,(H,20,22). The Morgan fingerprint density at radius 2 is 1.91 bits per heavy atom. The Labute approximate surface area is 135 Å². The van der Waals surface area contributed by atoms with Gasteiger partial charge in [0.2, 0.25) is 0 Å². The maximum atomic E-state index is 12.8. The van der Waals surface area contributed by atoms with Crippen LogP contribution < -0.4 is 10.1 Å². The highest BCUT2D eigenvalue weighted by Gasteiger charge is 2.09. The number of methoxy groups -OCH3 is 1. The minimum atomic E-state index is -0.254. The summed E-state index contributed by atoms with van der Waals surface area (Å²) in [6.45, 7) is 1.01. The molecular formula is C18H21FN2O2. The summed E-state index contributed by atoms with van der Waals surface area (Å²) in [5.41, 5.74) is 1.99. The van der Waals surface area contributed by atoms with Gasteiger partial charge in [-0.05, 0) is 41.8 Å². The number of benzene rings is 2. The van der Waals surface area contributed by atoms with Gasteiger partial charge in [-0.1, -0.05) is 24.3 Å². The van der Waals surface area contributed by atoms with Crippen molar-refractivity contribution in [2.24, 2.45) is 0 Å². The van der Waals surface area contributed by atoms with Gasteiger partial charge in [0.25, 0.3) is 0 Å². The second-order valence-electron chi connectivity index (χ2n) is 5.32. The number of halogens is 1. The number of hydrogen-bond acceptors (Lipinski definition) is 2. The van der Waals surface area contributed by atoms with Crippen LogP contribution in [0.25, 0.3) is 0 Å². The molecular weight excluding hydrogens is 295 g/mol. The van der Waals surface area contributed by atoms with Gasteiger partial charge in [0.05, 0.1) is 7.11 Å². The fourth-order valence-corrected chi connectivity index (χ4v) is 2.22. The first-order chi connectivity index (χ1) is 11.1. The summed E-state index contributed by atoms with van der Waals surface area (Å²) in [6, 6.07) is 13.8. The van der Waals surface area contributed by atoms with E-state index >= 15 is 0 Å². The number of ether oxygens (including phenoxy) is 1. The summed E-state index contributed by atoms with van der Waals surface area (Å²) in [5, 5.41) is 2.86. The number of urea groups is 1. The Morgan fingerprint density at radius 1 is 1.17 bits per heavy atom. The van der Waals surface area contributed by atoms with Gasteiger partial charge >= 0.3 is 6.03 Å². The predicted molar refractivity (Wildman–Crippen MR) is 88.0 cm³/mol. The summed E-state index contributed by atoms with van der Waals surface area (Å²) < 4.78 is 18.0. The van der Waals surface area contributed by atoms with Crippen LogP contribution in [0.1, 0.15) is 11.1 Å². The van der Waals surface area contributed by atoms with Gasteiger partial charge in [-0.2, -0.15) is 0 Å². The Morgan fingerprint density at radius 3 is 2.61 bits per heavy atom. The average molecular weight is 316 g/mol. The van der Waals surface area contributed by atoms with E-state index in [0.29, 0.717) is 19.5 Å². The zero-order chi connectivity index (χ0) is 16.7. The number of carbonyl (C=O) groups is 1. The number of nitrogens with one attached hydrogen (secondary N) is 1. The Kier molecular flexibility index (Phi) is 5.97. The van der Waals surface area contributed by atoms with Crippen molar-refractivity contribution in [3.63, 3.8) is 0 Å². The zero-order valence-electron chi connectivity index (χ0n) is 13.4. The molecule has 122 valence electrons. The van der Waals surface area contributed by atoms with Crippen molar-refractivity contribution >= 4 is 6.03 Å². The highest BCUT2D eigenvalue weighted by molar-refractivity contribution is 5.73. The molecule has 2 rings (SSSR count). The summed E-state index contributed by atoms with van der Waals surface area (Å²) in [6.07, 6.45) is 0.666. The molecule has 0 heterocycles. The van der Waals surface area contributed by atoms with Crippen molar-refractivity contribution in [2.45, 2.75) is 13.0 Å². The van der Waals surface area contributed by atoms with Crippen LogP contribution >= 0.6 is 0 Å². The van der Waals surface area contributed by atoms with Gasteiger partial charge in [0.15, 0.2) is 0 Å². The van der Waals surface area contributed by atoms with Crippen LogP contribution in [0.5, 0.6) is 5.75 Å². The van der Waals surface area contributed by atoms with E-state index in [4.69, 9.17) is 4.74 Å². The highest BCUT2D eigenvalue weighted by atomic mass is 19.1. The van der Waals surface area contributed by atoms with Crippen LogP contribution in [-0.4, -0.2) is 31.6 Å². The molecule has 2 aromatic rings. The molecule has 0 spiro atoms. The van der Waals surface area contributed by atoms with Crippen LogP contribution in [0.3, 0.4) is 0 Å². The first kappa shape index (κ1) is 16.8. The Balaban J connectivity index is 1.79. The third kappa shape index (κ3) is 5.29. The first-order valence-corrected chi connectivity index (χ1v) is 7.45. The Hall–Kier alpha value is -2.56. The first-order valence-electron chi connectivity index (χ1n) is 7.45. The summed E-state index contributed by atoms with van der Waals surface area (Å²) in [5.74, 6) is 0.517. The lowest BCUT2D eigenvalue weighted by atomic mass is 10.1. The lowest BCUT2D eigenvalue weighted by Crippen LogP contribution is -2.37. The van der Waals surface area contributed by atoms with Gasteiger partial charge in [-0.3, -0.25) is 0 Å². The zero-order valence-corrected chi connectivity index (χ0v) is 13.4. The molecule has 4 nitrogen and oxygen atoms in total. The molecule has 0 aliphatic carbocycles. The second-order valence-corrected chi connectivity index (χ2v) is 5.32. The highest BCUT2D eigenvalue weighted by Crippen LogP contribution is 2.13. The molecule has 0 fully saturated rings. The van der Waals surface area contributed by atoms with E-state index in [-0.39, 0.29) is 11.8 Å². The van der Waals surface area contributed by atoms with Gasteiger partial charge in [0.1, 0.15) is 11.6 Å². The predicted octanol–water partition coefficient (Wildman–Crippen LogP) is 3.22. The molecule has 0 aliphatic heterocycles. The normalized spacial score (nSPS) is 10.2. The van der Waals surface area contributed by atoms with E-state index < -0.39 is 0 Å². The van der Waals surface area contributed by atoms with Crippen molar-refractivity contribution in [3.8, 4) is 5.75 Å². The van der Waals surface area contributed by atoms with Crippen molar-refractivity contribution in [3.05, 3.63) is 65.5 Å². The van der Waals surface area contributed by atoms with Gasteiger partial charge in [-0.25, -0.2) is 9.18 Å². The fourth-order valence-electron chi connectivity index (χ4n) is 2.22. The molecule has 5 heteroatoms. The van der Waals surface area contributed by atoms with Gasteiger partial charge in [-0.15, -0.1) is 0 Å². The van der Waals surface area contributed by atoms with Crippen molar-refractivity contribution in [1.29, 1.82) is 0 Å². The largest absolute Gasteiger partial charge is 0.497 e. The number of rotatable bonds is 6. The molecule has 0 bridgehead atoms. The third-order valence-corrected chi connectivity index (χ3v) is 3.50. The smallest absolute Gasteiger partial charge is 0.317 e. The monoisotopic (exact) mass is 316 g/mol. The van der Waals surface area contributed by atoms with E-state index in [1.165, 1.54) is 12.1 Å². The van der Waals surface area contributed by atoms with Crippen LogP contribution in [0.15, 0.2) is 48.5 Å². The van der Waals surface area contributed by atoms with E-state index in [1.54, 1.807) is 31.2 Å². The van der Waals surface area contributed by atoms with Crippen molar-refractivity contribution in [1.82, 2.24) is 10.2 Å². The SMILES string of the molecule is COc1cccc(CN(C)C(=O)NCCc2ccc(F)cc2)c1. The molecule has 0 aromatic heterocycles. The van der Waals surface area contributed by atoms with Crippen LogP contribution in [0, 0.1) is 5.82 Å². The number of amides is 2. The van der Waals surface area contributed by atoms with E-state index in [9.17, 15) is 9.18 Å². The minimum absolute atomic E-state index is 0.144. The third-order valence-electron chi connectivity index (χ3n) is 3.50. The molecule has 0 aliphatic rings. The minimum Gasteiger partial charge on any atom is -0.497 e. The fraction of sp³-hybridized carbons (Fsp3) is 0.278. The second kappa shape index (κ2) is 8.17. The summed E-state index contributed by atoms with van der Waals surface area (Å²) in [4.78, 5) is 13.7. The summed E-state index contributed by atoms with van der Waals surface area (Å²) in [7, 11) is 3.36. The topological polar surface area (TPSA) is 41.6 Å². The quantitative estimate of drug-likeness (QED) is 0.889. The van der Waals surface area contributed by atoms with Crippen LogP contribution in [0.2, 0.25) is 0 Å². The van der Waals surface area contributed by atoms with Crippen molar-refractivity contribution in [2.75, 3.05) is 20.7 Å². The number of nitrogens with zero attached hydrogens (tertiary/aromatic N) is 1. The molecule has 0 saturated heterocycles. The molecule has 1 N–H and O–H groups in total. The average Bonchev–Trinajstić information content (AvgIpc) is 2.56. The van der Waals surface area contributed by atoms with Gasteiger partial charge < -0.3 is 15.0 Å². The molecule has 0 saturated carbocycles. The molecule has 0 unspecified atom stereocenters. The molecule has 2 amide bonds. The maximum absolute atomic E-state index is 12.8. The molecule has 0 radical (unpaired) electrons. The van der Waals surface area contributed by atoms with Gasteiger partial charge in [0, 0.05) is 20.1 Å². The number of carbonyl (C=O) groups excluding carboxylic acids is 1. The number of hydrogen-bond donors (Lipinski definition) is 1. The van der Waals surface area contributed by atoms with E-state index in [2.05, 4.69) is 5.32 Å². The molecule has 0 atom stereocenters. The molecule has 2 aromatic carbocycles. The van der Waals surface area contributed by atoms with E-state index in [0.717, 1.165) is 16.9 Å². The lowest BCUT2D eigenvalue weighted by molar-refractivity contribution is 0.207. The maximum Gasteiger partial charge on any atom is 0.317 e. The molecule has 23 heavy (non-hydrogen) atoms. The summed E-state index contributed by atoms with van der Waals surface area (Å²) >= 11 is 0. The van der Waals surface area contributed by atoms with E-state index in [1.807, 2.05) is 24.3 Å². The van der Waals surface area contributed by atoms with Crippen LogP contribution in [-0.2, 0) is 13.0 Å². The van der Waals surface area contributed by atoms with Crippen molar-refractivity contribution < 1.29 is 13.9 Å². The van der Waals surface area contributed by atoms with Crippen LogP contribution in [0.4, 0.5) is 9.18 Å².